The minimum absolute atomic E-state index is 0.279. The smallest absolute Gasteiger partial charge is 0.293 e. The molecule has 1 aromatic heterocycles. The summed E-state index contributed by atoms with van der Waals surface area (Å²) in [7, 11) is 0. The Hall–Kier alpha value is -0.680. The van der Waals surface area contributed by atoms with Crippen molar-refractivity contribution in [2.24, 2.45) is 0 Å². The highest BCUT2D eigenvalue weighted by molar-refractivity contribution is 7.07. The number of aryl methyl sites for hydroxylation is 1. The SMILES string of the molecule is CCCc1nsc(OC2CCCNC2)n1. The van der Waals surface area contributed by atoms with Crippen molar-refractivity contribution in [2.45, 2.75) is 38.7 Å². The normalized spacial score (nSPS) is 21.5. The van der Waals surface area contributed by atoms with Crippen LogP contribution in [0.3, 0.4) is 0 Å². The number of nitrogens with one attached hydrogen (secondary N) is 1. The molecule has 1 aromatic rings. The van der Waals surface area contributed by atoms with Gasteiger partial charge in [0.25, 0.3) is 5.19 Å². The van der Waals surface area contributed by atoms with E-state index in [1.54, 1.807) is 0 Å². The third kappa shape index (κ3) is 3.14. The lowest BCUT2D eigenvalue weighted by Gasteiger charge is -2.22. The quantitative estimate of drug-likeness (QED) is 0.849. The van der Waals surface area contributed by atoms with Gasteiger partial charge in [0.15, 0.2) is 0 Å². The zero-order chi connectivity index (χ0) is 10.5. The van der Waals surface area contributed by atoms with Crippen LogP contribution in [-0.2, 0) is 6.42 Å². The predicted octanol–water partition coefficient (Wildman–Crippen LogP) is 1.62. The molecule has 1 unspecified atom stereocenters. The van der Waals surface area contributed by atoms with Crippen molar-refractivity contribution in [3.8, 4) is 5.19 Å². The Morgan fingerprint density at radius 2 is 2.53 bits per heavy atom. The second kappa shape index (κ2) is 5.42. The molecule has 15 heavy (non-hydrogen) atoms. The number of rotatable bonds is 4. The molecule has 1 fully saturated rings. The van der Waals surface area contributed by atoms with Crippen molar-refractivity contribution in [3.63, 3.8) is 0 Å². The Morgan fingerprint density at radius 3 is 3.27 bits per heavy atom. The van der Waals surface area contributed by atoms with Crippen LogP contribution in [0.4, 0.5) is 0 Å². The monoisotopic (exact) mass is 227 g/mol. The second-order valence-electron chi connectivity index (χ2n) is 3.81. The second-order valence-corrected chi connectivity index (χ2v) is 4.53. The molecule has 1 aliphatic rings. The first-order chi connectivity index (χ1) is 7.38. The molecule has 0 aliphatic carbocycles. The van der Waals surface area contributed by atoms with Gasteiger partial charge in [0, 0.05) is 24.5 Å². The van der Waals surface area contributed by atoms with Crippen molar-refractivity contribution >= 4 is 11.5 Å². The summed E-state index contributed by atoms with van der Waals surface area (Å²) in [6.07, 6.45) is 4.62. The fourth-order valence-electron chi connectivity index (χ4n) is 1.67. The van der Waals surface area contributed by atoms with Gasteiger partial charge in [0.1, 0.15) is 11.9 Å². The van der Waals surface area contributed by atoms with E-state index in [9.17, 15) is 0 Å². The topological polar surface area (TPSA) is 47.0 Å². The summed E-state index contributed by atoms with van der Waals surface area (Å²) in [4.78, 5) is 4.35. The van der Waals surface area contributed by atoms with Crippen LogP contribution in [0.1, 0.15) is 32.0 Å². The molecule has 0 aromatic carbocycles. The number of hydrogen-bond donors (Lipinski definition) is 1. The highest BCUT2D eigenvalue weighted by atomic mass is 32.1. The van der Waals surface area contributed by atoms with Crippen LogP contribution in [-0.4, -0.2) is 28.6 Å². The number of ether oxygens (including phenoxy) is 1. The maximum absolute atomic E-state index is 5.76. The Bertz CT molecular complexity index is 297. The fraction of sp³-hybridized carbons (Fsp3) is 0.800. The number of hydrogen-bond acceptors (Lipinski definition) is 5. The van der Waals surface area contributed by atoms with Crippen LogP contribution in [0.15, 0.2) is 0 Å². The Morgan fingerprint density at radius 1 is 1.60 bits per heavy atom. The number of piperidine rings is 1. The summed E-state index contributed by atoms with van der Waals surface area (Å²) in [6.45, 7) is 4.17. The summed E-state index contributed by atoms with van der Waals surface area (Å²) in [5, 5.41) is 4.05. The number of aromatic nitrogens is 2. The Labute approximate surface area is 94.2 Å². The van der Waals surface area contributed by atoms with Gasteiger partial charge in [-0.2, -0.15) is 9.36 Å². The lowest BCUT2D eigenvalue weighted by atomic mass is 10.1. The zero-order valence-electron chi connectivity index (χ0n) is 9.03. The molecule has 0 bridgehead atoms. The van der Waals surface area contributed by atoms with Crippen LogP contribution in [0.5, 0.6) is 5.19 Å². The molecule has 5 heteroatoms. The van der Waals surface area contributed by atoms with E-state index in [2.05, 4.69) is 21.6 Å². The molecular formula is C10H17N3OS. The van der Waals surface area contributed by atoms with E-state index in [0.717, 1.165) is 43.4 Å². The molecule has 0 saturated carbocycles. The summed E-state index contributed by atoms with van der Waals surface area (Å²) in [5.74, 6) is 0.918. The van der Waals surface area contributed by atoms with Crippen molar-refractivity contribution in [3.05, 3.63) is 5.82 Å². The molecule has 0 radical (unpaired) electrons. The molecule has 2 heterocycles. The van der Waals surface area contributed by atoms with E-state index in [4.69, 9.17) is 4.74 Å². The van der Waals surface area contributed by atoms with Crippen LogP contribution in [0.2, 0.25) is 0 Å². The molecule has 2 rings (SSSR count). The Balaban J connectivity index is 1.86. The first-order valence-electron chi connectivity index (χ1n) is 5.58. The van der Waals surface area contributed by atoms with Crippen molar-refractivity contribution in [1.82, 2.24) is 14.7 Å². The maximum Gasteiger partial charge on any atom is 0.293 e. The van der Waals surface area contributed by atoms with E-state index < -0.39 is 0 Å². The lowest BCUT2D eigenvalue weighted by molar-refractivity contribution is 0.166. The van der Waals surface area contributed by atoms with Gasteiger partial charge in [-0.25, -0.2) is 0 Å². The highest BCUT2D eigenvalue weighted by Gasteiger charge is 2.16. The molecule has 0 spiro atoms. The molecule has 4 nitrogen and oxygen atoms in total. The fourth-order valence-corrected chi connectivity index (χ4v) is 2.31. The minimum Gasteiger partial charge on any atom is -0.464 e. The first-order valence-corrected chi connectivity index (χ1v) is 6.36. The van der Waals surface area contributed by atoms with E-state index in [1.165, 1.54) is 18.0 Å². The van der Waals surface area contributed by atoms with Crippen LogP contribution in [0.25, 0.3) is 0 Å². The maximum atomic E-state index is 5.76. The van der Waals surface area contributed by atoms with Gasteiger partial charge >= 0.3 is 0 Å². The van der Waals surface area contributed by atoms with Crippen molar-refractivity contribution in [1.29, 1.82) is 0 Å². The van der Waals surface area contributed by atoms with E-state index >= 15 is 0 Å². The van der Waals surface area contributed by atoms with Gasteiger partial charge in [0.2, 0.25) is 0 Å². The highest BCUT2D eigenvalue weighted by Crippen LogP contribution is 2.18. The summed E-state index contributed by atoms with van der Waals surface area (Å²) >= 11 is 1.37. The average molecular weight is 227 g/mol. The lowest BCUT2D eigenvalue weighted by Crippen LogP contribution is -2.37. The van der Waals surface area contributed by atoms with Gasteiger partial charge in [-0.15, -0.1) is 0 Å². The van der Waals surface area contributed by atoms with E-state index in [0.29, 0.717) is 0 Å². The average Bonchev–Trinajstić information content (AvgIpc) is 2.68. The molecule has 1 saturated heterocycles. The van der Waals surface area contributed by atoms with E-state index in [-0.39, 0.29) is 6.10 Å². The largest absolute Gasteiger partial charge is 0.464 e. The van der Waals surface area contributed by atoms with Crippen LogP contribution < -0.4 is 10.1 Å². The first kappa shape index (κ1) is 10.8. The molecule has 1 aliphatic heterocycles. The summed E-state index contributed by atoms with van der Waals surface area (Å²) < 4.78 is 10.0. The molecule has 1 N–H and O–H groups in total. The predicted molar refractivity (Wildman–Crippen MR) is 60.4 cm³/mol. The van der Waals surface area contributed by atoms with Crippen LogP contribution >= 0.6 is 11.5 Å². The van der Waals surface area contributed by atoms with Crippen molar-refractivity contribution < 1.29 is 4.74 Å². The van der Waals surface area contributed by atoms with Gasteiger partial charge in [-0.05, 0) is 25.8 Å². The number of nitrogens with zero attached hydrogens (tertiary/aromatic N) is 2. The minimum atomic E-state index is 0.279. The molecule has 84 valence electrons. The van der Waals surface area contributed by atoms with Gasteiger partial charge < -0.3 is 10.1 Å². The molecular weight excluding hydrogens is 210 g/mol. The summed E-state index contributed by atoms with van der Waals surface area (Å²) in [6, 6.07) is 0. The van der Waals surface area contributed by atoms with Gasteiger partial charge in [0.05, 0.1) is 0 Å². The summed E-state index contributed by atoms with van der Waals surface area (Å²) in [5.41, 5.74) is 0. The Kier molecular flexibility index (Phi) is 3.91. The third-order valence-electron chi connectivity index (χ3n) is 2.44. The van der Waals surface area contributed by atoms with Gasteiger partial charge in [-0.3, -0.25) is 0 Å². The molecule has 0 amide bonds. The standard InChI is InChI=1S/C10H17N3OS/c1-2-4-9-12-10(15-13-9)14-8-5-3-6-11-7-8/h8,11H,2-7H2,1H3. The third-order valence-corrected chi connectivity index (χ3v) is 3.09. The van der Waals surface area contributed by atoms with Crippen molar-refractivity contribution in [2.75, 3.05) is 13.1 Å². The molecule has 1 atom stereocenters. The zero-order valence-corrected chi connectivity index (χ0v) is 9.85. The van der Waals surface area contributed by atoms with Crippen LogP contribution in [0, 0.1) is 0 Å². The van der Waals surface area contributed by atoms with E-state index in [1.807, 2.05) is 0 Å². The van der Waals surface area contributed by atoms with Gasteiger partial charge in [-0.1, -0.05) is 6.92 Å².